The quantitative estimate of drug-likeness (QED) is 0.179. The molecule has 0 unspecified atom stereocenters. The van der Waals surface area contributed by atoms with Gasteiger partial charge in [0.15, 0.2) is 23.1 Å². The van der Waals surface area contributed by atoms with Crippen LogP contribution < -0.4 is 34.4 Å². The predicted molar refractivity (Wildman–Crippen MR) is 145 cm³/mol. The summed E-state index contributed by atoms with van der Waals surface area (Å²) < 4.78 is 0. The lowest BCUT2D eigenvalue weighted by Crippen LogP contribution is -2.26. The fourth-order valence-electron chi connectivity index (χ4n) is 5.30. The average molecular weight is 505 g/mol. The molecule has 6 rings (SSSR count). The molecular formula is C28H20N6O4. The summed E-state index contributed by atoms with van der Waals surface area (Å²) >= 11 is 0. The third-order valence-electron chi connectivity index (χ3n) is 7.12. The largest absolute Gasteiger partial charge is 0.398 e. The summed E-state index contributed by atoms with van der Waals surface area (Å²) in [4.78, 5) is 53.6. The number of hydrogen-bond donors (Lipinski definition) is 6. The SMILES string of the molecule is Nc1ccc(N)c2c1C(=O)c1ccc(-c3cc(N)c4c(c3N)C(=O)c3c(N)ccc(N)c3C4=O)cc1C2=O. The summed E-state index contributed by atoms with van der Waals surface area (Å²) in [6.45, 7) is 0. The Morgan fingerprint density at radius 3 is 1.32 bits per heavy atom. The third-order valence-corrected chi connectivity index (χ3v) is 7.12. The van der Waals surface area contributed by atoms with Crippen LogP contribution in [0.5, 0.6) is 0 Å². The smallest absolute Gasteiger partial charge is 0.198 e. The van der Waals surface area contributed by atoms with Gasteiger partial charge in [-0.3, -0.25) is 19.2 Å². The highest BCUT2D eigenvalue weighted by Gasteiger charge is 2.38. The van der Waals surface area contributed by atoms with E-state index in [0.717, 1.165) is 0 Å². The van der Waals surface area contributed by atoms with Crippen molar-refractivity contribution in [3.05, 3.63) is 93.0 Å². The van der Waals surface area contributed by atoms with Crippen LogP contribution in [0.15, 0.2) is 48.5 Å². The Morgan fingerprint density at radius 2 is 0.789 bits per heavy atom. The lowest BCUT2D eigenvalue weighted by Gasteiger charge is -2.25. The van der Waals surface area contributed by atoms with Crippen molar-refractivity contribution in [3.8, 4) is 11.1 Å². The van der Waals surface area contributed by atoms with Crippen LogP contribution in [0.4, 0.5) is 34.1 Å². The van der Waals surface area contributed by atoms with Gasteiger partial charge in [-0.2, -0.15) is 0 Å². The van der Waals surface area contributed by atoms with Crippen LogP contribution in [0.1, 0.15) is 63.7 Å². The first-order valence-corrected chi connectivity index (χ1v) is 11.4. The minimum absolute atomic E-state index is 0.00230. The van der Waals surface area contributed by atoms with Gasteiger partial charge in [0.05, 0.1) is 39.1 Å². The Kier molecular flexibility index (Phi) is 4.46. The van der Waals surface area contributed by atoms with Gasteiger partial charge in [-0.15, -0.1) is 0 Å². The number of ketones is 4. The summed E-state index contributed by atoms with van der Waals surface area (Å²) in [6, 6.07) is 11.8. The highest BCUT2D eigenvalue weighted by atomic mass is 16.1. The van der Waals surface area contributed by atoms with E-state index in [1.807, 2.05) is 0 Å². The minimum Gasteiger partial charge on any atom is -0.398 e. The zero-order chi connectivity index (χ0) is 27.2. The second-order valence-corrected chi connectivity index (χ2v) is 9.24. The number of carbonyl (C=O) groups is 4. The van der Waals surface area contributed by atoms with Gasteiger partial charge in [-0.05, 0) is 48.0 Å². The molecule has 186 valence electrons. The van der Waals surface area contributed by atoms with Gasteiger partial charge in [0.25, 0.3) is 0 Å². The van der Waals surface area contributed by atoms with E-state index in [-0.39, 0.29) is 78.6 Å². The zero-order valence-electron chi connectivity index (χ0n) is 19.7. The first-order chi connectivity index (χ1) is 18.0. The normalized spacial score (nSPS) is 13.6. The Morgan fingerprint density at radius 1 is 0.368 bits per heavy atom. The lowest BCUT2D eigenvalue weighted by molar-refractivity contribution is 0.0980. The van der Waals surface area contributed by atoms with Crippen molar-refractivity contribution >= 4 is 57.3 Å². The Balaban J connectivity index is 1.56. The van der Waals surface area contributed by atoms with E-state index in [0.29, 0.717) is 11.1 Å². The number of rotatable bonds is 1. The average Bonchev–Trinajstić information content (AvgIpc) is 2.89. The van der Waals surface area contributed by atoms with Crippen LogP contribution in [0.25, 0.3) is 11.1 Å². The molecule has 0 aliphatic heterocycles. The van der Waals surface area contributed by atoms with Gasteiger partial charge in [-0.1, -0.05) is 6.07 Å². The Bertz CT molecular complexity index is 1860. The maximum absolute atomic E-state index is 13.6. The number of benzene rings is 4. The Hall–Kier alpha value is -5.64. The molecule has 0 atom stereocenters. The first kappa shape index (κ1) is 22.8. The number of nitrogens with two attached hydrogens (primary N) is 6. The third kappa shape index (κ3) is 2.76. The van der Waals surface area contributed by atoms with Gasteiger partial charge in [0.1, 0.15) is 0 Å². The standard InChI is InChI=1S/C28H20N6O4/c29-13-3-4-14(30)19-18(13)25(35)10-2-1-9(7-12(10)26(19)36)11-8-17(33)22-23(24(11)34)28(38)21-16(32)6-5-15(31)20(21)27(22)37/h1-8H,29-34H2. The molecule has 38 heavy (non-hydrogen) atoms. The highest BCUT2D eigenvalue weighted by molar-refractivity contribution is 6.35. The minimum atomic E-state index is -0.591. The zero-order valence-corrected chi connectivity index (χ0v) is 19.7. The van der Waals surface area contributed by atoms with Crippen molar-refractivity contribution in [1.29, 1.82) is 0 Å². The van der Waals surface area contributed by atoms with Crippen LogP contribution in [-0.4, -0.2) is 23.1 Å². The van der Waals surface area contributed by atoms with Crippen LogP contribution in [0.2, 0.25) is 0 Å². The van der Waals surface area contributed by atoms with Crippen molar-refractivity contribution in [3.63, 3.8) is 0 Å². The van der Waals surface area contributed by atoms with Crippen LogP contribution in [0, 0.1) is 0 Å². The summed E-state index contributed by atoms with van der Waals surface area (Å²) in [6.07, 6.45) is 0. The maximum atomic E-state index is 13.6. The molecule has 0 amide bonds. The fraction of sp³-hybridized carbons (Fsp3) is 0. The molecule has 0 saturated heterocycles. The number of hydrogen-bond acceptors (Lipinski definition) is 10. The van der Waals surface area contributed by atoms with Crippen molar-refractivity contribution in [2.24, 2.45) is 0 Å². The molecule has 0 saturated carbocycles. The summed E-state index contributed by atoms with van der Waals surface area (Å²) in [7, 11) is 0. The molecular weight excluding hydrogens is 484 g/mol. The van der Waals surface area contributed by atoms with Crippen molar-refractivity contribution in [2.75, 3.05) is 34.4 Å². The highest BCUT2D eigenvalue weighted by Crippen LogP contribution is 2.44. The summed E-state index contributed by atoms with van der Waals surface area (Å²) in [5, 5.41) is 0. The summed E-state index contributed by atoms with van der Waals surface area (Å²) in [5.41, 5.74) is 38.0. The monoisotopic (exact) mass is 504 g/mol. The van der Waals surface area contributed by atoms with E-state index in [4.69, 9.17) is 34.4 Å². The van der Waals surface area contributed by atoms with Crippen LogP contribution >= 0.6 is 0 Å². The fourth-order valence-corrected chi connectivity index (χ4v) is 5.30. The molecule has 2 aliphatic rings. The molecule has 0 aromatic heterocycles. The molecule has 4 aromatic rings. The number of anilines is 6. The second-order valence-electron chi connectivity index (χ2n) is 9.24. The van der Waals surface area contributed by atoms with Gasteiger partial charge in [-0.25, -0.2) is 0 Å². The topological polar surface area (TPSA) is 224 Å². The van der Waals surface area contributed by atoms with E-state index in [2.05, 4.69) is 0 Å². The van der Waals surface area contributed by atoms with E-state index >= 15 is 0 Å². The van der Waals surface area contributed by atoms with E-state index in [9.17, 15) is 19.2 Å². The predicted octanol–water partition coefficient (Wildman–Crippen LogP) is 2.40. The molecule has 0 heterocycles. The molecule has 0 fully saturated rings. The molecule has 10 heteroatoms. The molecule has 0 radical (unpaired) electrons. The maximum Gasteiger partial charge on any atom is 0.198 e. The molecule has 0 bridgehead atoms. The number of carbonyl (C=O) groups excluding carboxylic acids is 4. The molecule has 12 N–H and O–H groups in total. The van der Waals surface area contributed by atoms with Crippen LogP contribution in [-0.2, 0) is 0 Å². The van der Waals surface area contributed by atoms with Gasteiger partial charge >= 0.3 is 0 Å². The van der Waals surface area contributed by atoms with E-state index in [1.54, 1.807) is 6.07 Å². The van der Waals surface area contributed by atoms with Gasteiger partial charge < -0.3 is 34.4 Å². The number of fused-ring (bicyclic) bond motifs is 4. The molecule has 4 aromatic carbocycles. The Labute approximate surface area is 215 Å². The van der Waals surface area contributed by atoms with Crippen molar-refractivity contribution in [1.82, 2.24) is 0 Å². The van der Waals surface area contributed by atoms with Crippen molar-refractivity contribution < 1.29 is 19.2 Å². The van der Waals surface area contributed by atoms with Crippen molar-refractivity contribution in [2.45, 2.75) is 0 Å². The second kappa shape index (κ2) is 7.43. The summed E-state index contributed by atoms with van der Waals surface area (Å²) in [5.74, 6) is -2.07. The number of nitrogen functional groups attached to an aromatic ring is 6. The van der Waals surface area contributed by atoms with Crippen LogP contribution in [0.3, 0.4) is 0 Å². The van der Waals surface area contributed by atoms with E-state index < -0.39 is 23.1 Å². The molecule has 0 spiro atoms. The molecule has 10 nitrogen and oxygen atoms in total. The van der Waals surface area contributed by atoms with Gasteiger partial charge in [0, 0.05) is 45.1 Å². The first-order valence-electron chi connectivity index (χ1n) is 11.4. The van der Waals surface area contributed by atoms with E-state index in [1.165, 1.54) is 42.5 Å². The van der Waals surface area contributed by atoms with Gasteiger partial charge in [0.2, 0.25) is 0 Å². The molecule has 2 aliphatic carbocycles. The lowest BCUT2D eigenvalue weighted by atomic mass is 9.78.